The van der Waals surface area contributed by atoms with Crippen LogP contribution in [0.2, 0.25) is 0 Å². The number of carbonyl (C=O) groups excluding carboxylic acids is 1. The van der Waals surface area contributed by atoms with Crippen LogP contribution in [0.5, 0.6) is 0 Å². The van der Waals surface area contributed by atoms with Crippen molar-refractivity contribution in [2.75, 3.05) is 0 Å². The Balaban J connectivity index is 3.25. The van der Waals surface area contributed by atoms with Gasteiger partial charge >= 0.3 is 6.18 Å². The van der Waals surface area contributed by atoms with Gasteiger partial charge in [0.1, 0.15) is 0 Å². The molecule has 0 atom stereocenters. The molecule has 0 aliphatic carbocycles. The highest BCUT2D eigenvalue weighted by Gasteiger charge is 2.35. The molecule has 0 aromatic heterocycles. The lowest BCUT2D eigenvalue weighted by molar-refractivity contribution is -0.140. The van der Waals surface area contributed by atoms with Crippen molar-refractivity contribution in [2.45, 2.75) is 6.18 Å². The van der Waals surface area contributed by atoms with E-state index >= 15 is 0 Å². The normalized spacial score (nSPS) is 12.1. The van der Waals surface area contributed by atoms with Crippen molar-refractivity contribution in [3.05, 3.63) is 41.0 Å². The zero-order valence-corrected chi connectivity index (χ0v) is 8.18. The molecule has 0 saturated carbocycles. The van der Waals surface area contributed by atoms with Crippen molar-refractivity contribution in [2.24, 2.45) is 5.73 Å². The molecule has 0 aliphatic heterocycles. The number of rotatable bonds is 2. The van der Waals surface area contributed by atoms with Crippen molar-refractivity contribution >= 4 is 12.0 Å². The predicted molar refractivity (Wildman–Crippen MR) is 49.6 cm³/mol. The molecule has 7 heteroatoms. The smallest absolute Gasteiger partial charge is 0.366 e. The number of hydrogen-bond donors (Lipinski definition) is 1. The van der Waals surface area contributed by atoms with Crippen LogP contribution in [0, 0.1) is 11.6 Å². The molecule has 0 heterocycles. The van der Waals surface area contributed by atoms with Crippen LogP contribution >= 0.6 is 0 Å². The Morgan fingerprint density at radius 2 is 1.76 bits per heavy atom. The van der Waals surface area contributed by atoms with Crippen LogP contribution < -0.4 is 5.73 Å². The molecule has 0 bridgehead atoms. The monoisotopic (exact) mass is 251 g/mol. The van der Waals surface area contributed by atoms with E-state index in [2.05, 4.69) is 0 Å². The lowest BCUT2D eigenvalue weighted by atomic mass is 10.1. The van der Waals surface area contributed by atoms with E-state index in [1.54, 1.807) is 0 Å². The summed E-state index contributed by atoms with van der Waals surface area (Å²) in [5.74, 6) is -4.62. The molecular formula is C10H6F5NO. The summed E-state index contributed by atoms with van der Waals surface area (Å²) in [6, 6.07) is 1.10. The SMILES string of the molecule is NC(=O)/C=C/c1ccc(C(F)(F)F)c(F)c1F. The summed E-state index contributed by atoms with van der Waals surface area (Å²) >= 11 is 0. The molecule has 1 amide bonds. The van der Waals surface area contributed by atoms with Crippen LogP contribution in [0.3, 0.4) is 0 Å². The van der Waals surface area contributed by atoms with Gasteiger partial charge in [-0.05, 0) is 12.1 Å². The van der Waals surface area contributed by atoms with Gasteiger partial charge in [0.15, 0.2) is 11.6 Å². The summed E-state index contributed by atoms with van der Waals surface area (Å²) in [6.45, 7) is 0. The van der Waals surface area contributed by atoms with E-state index in [-0.39, 0.29) is 0 Å². The quantitative estimate of drug-likeness (QED) is 0.636. The summed E-state index contributed by atoms with van der Waals surface area (Å²) in [4.78, 5) is 10.3. The first-order valence-electron chi connectivity index (χ1n) is 4.26. The first kappa shape index (κ1) is 13.1. The van der Waals surface area contributed by atoms with Gasteiger partial charge in [-0.25, -0.2) is 8.78 Å². The Hall–Kier alpha value is -1.92. The number of amides is 1. The molecule has 2 nitrogen and oxygen atoms in total. The molecule has 17 heavy (non-hydrogen) atoms. The highest BCUT2D eigenvalue weighted by atomic mass is 19.4. The summed E-state index contributed by atoms with van der Waals surface area (Å²) in [7, 11) is 0. The maximum Gasteiger partial charge on any atom is 0.419 e. The van der Waals surface area contributed by atoms with Crippen LogP contribution in [0.25, 0.3) is 6.08 Å². The van der Waals surface area contributed by atoms with E-state index < -0.39 is 34.8 Å². The van der Waals surface area contributed by atoms with Crippen molar-refractivity contribution < 1.29 is 26.7 Å². The Morgan fingerprint density at radius 3 is 2.24 bits per heavy atom. The second-order valence-electron chi connectivity index (χ2n) is 3.06. The maximum absolute atomic E-state index is 13.2. The zero-order chi connectivity index (χ0) is 13.2. The summed E-state index contributed by atoms with van der Waals surface area (Å²) in [5, 5.41) is 0. The Morgan fingerprint density at radius 1 is 1.18 bits per heavy atom. The van der Waals surface area contributed by atoms with Crippen LogP contribution in [0.4, 0.5) is 22.0 Å². The molecule has 0 fully saturated rings. The molecule has 1 rings (SSSR count). The van der Waals surface area contributed by atoms with Gasteiger partial charge in [-0.1, -0.05) is 6.07 Å². The average Bonchev–Trinajstić information content (AvgIpc) is 2.18. The largest absolute Gasteiger partial charge is 0.419 e. The number of nitrogens with two attached hydrogens (primary N) is 1. The highest BCUT2D eigenvalue weighted by molar-refractivity contribution is 5.90. The van der Waals surface area contributed by atoms with Gasteiger partial charge in [0.25, 0.3) is 0 Å². The summed E-state index contributed by atoms with van der Waals surface area (Å²) in [6.07, 6.45) is -3.47. The van der Waals surface area contributed by atoms with Crippen molar-refractivity contribution in [1.82, 2.24) is 0 Å². The number of alkyl halides is 3. The van der Waals surface area contributed by atoms with Crippen molar-refractivity contribution in [1.29, 1.82) is 0 Å². The first-order chi connectivity index (χ1) is 7.73. The van der Waals surface area contributed by atoms with Gasteiger partial charge in [-0.3, -0.25) is 4.79 Å². The minimum Gasteiger partial charge on any atom is -0.366 e. The van der Waals surface area contributed by atoms with Gasteiger partial charge in [0.05, 0.1) is 5.56 Å². The number of halogens is 5. The van der Waals surface area contributed by atoms with Crippen LogP contribution in [0.1, 0.15) is 11.1 Å². The van der Waals surface area contributed by atoms with Crippen molar-refractivity contribution in [3.63, 3.8) is 0 Å². The topological polar surface area (TPSA) is 43.1 Å². The van der Waals surface area contributed by atoms with E-state index in [9.17, 15) is 26.7 Å². The number of carbonyl (C=O) groups is 1. The predicted octanol–water partition coefficient (Wildman–Crippen LogP) is 2.48. The fourth-order valence-corrected chi connectivity index (χ4v) is 1.08. The molecule has 0 unspecified atom stereocenters. The third-order valence-corrected chi connectivity index (χ3v) is 1.84. The molecule has 2 N–H and O–H groups in total. The summed E-state index contributed by atoms with van der Waals surface area (Å²) < 4.78 is 62.7. The van der Waals surface area contributed by atoms with E-state index in [0.29, 0.717) is 18.2 Å². The van der Waals surface area contributed by atoms with Gasteiger partial charge in [-0.2, -0.15) is 13.2 Å². The molecule has 0 saturated heterocycles. The molecule has 92 valence electrons. The van der Waals surface area contributed by atoms with Gasteiger partial charge in [-0.15, -0.1) is 0 Å². The number of hydrogen-bond acceptors (Lipinski definition) is 1. The van der Waals surface area contributed by atoms with E-state index in [4.69, 9.17) is 5.73 Å². The zero-order valence-electron chi connectivity index (χ0n) is 8.18. The standard InChI is InChI=1S/C10H6F5NO/c11-8-5(2-4-7(16)17)1-3-6(9(8)12)10(13,14)15/h1-4H,(H2,16,17)/b4-2+. The van der Waals surface area contributed by atoms with Crippen LogP contribution in [-0.2, 0) is 11.0 Å². The van der Waals surface area contributed by atoms with Gasteiger partial charge in [0, 0.05) is 11.6 Å². The average molecular weight is 251 g/mol. The van der Waals surface area contributed by atoms with Crippen LogP contribution in [-0.4, -0.2) is 5.91 Å². The molecule has 1 aromatic carbocycles. The number of benzene rings is 1. The van der Waals surface area contributed by atoms with Crippen molar-refractivity contribution in [3.8, 4) is 0 Å². The fraction of sp³-hybridized carbons (Fsp3) is 0.100. The number of primary amides is 1. The van der Waals surface area contributed by atoms with Gasteiger partial charge in [0.2, 0.25) is 5.91 Å². The molecule has 0 spiro atoms. The molecular weight excluding hydrogens is 245 g/mol. The molecule has 0 radical (unpaired) electrons. The lowest BCUT2D eigenvalue weighted by Crippen LogP contribution is -2.10. The Bertz CT molecular complexity index is 478. The maximum atomic E-state index is 13.2. The van der Waals surface area contributed by atoms with E-state index in [0.717, 1.165) is 6.08 Å². The Labute approximate surface area is 92.5 Å². The highest BCUT2D eigenvalue weighted by Crippen LogP contribution is 2.33. The lowest BCUT2D eigenvalue weighted by Gasteiger charge is -2.09. The van der Waals surface area contributed by atoms with Gasteiger partial charge < -0.3 is 5.73 Å². The minimum atomic E-state index is -4.98. The second kappa shape index (κ2) is 4.52. The second-order valence-corrected chi connectivity index (χ2v) is 3.06. The van der Waals surface area contributed by atoms with E-state index in [1.807, 2.05) is 0 Å². The Kier molecular flexibility index (Phi) is 3.50. The first-order valence-corrected chi connectivity index (χ1v) is 4.26. The minimum absolute atomic E-state index is 0.388. The molecule has 0 aliphatic rings. The third kappa shape index (κ3) is 3.02. The van der Waals surface area contributed by atoms with E-state index in [1.165, 1.54) is 0 Å². The fourth-order valence-electron chi connectivity index (χ4n) is 1.08. The molecule has 1 aromatic rings. The third-order valence-electron chi connectivity index (χ3n) is 1.84. The van der Waals surface area contributed by atoms with Crippen LogP contribution in [0.15, 0.2) is 18.2 Å². The summed E-state index contributed by atoms with van der Waals surface area (Å²) in [5.41, 5.74) is 2.51.